The van der Waals surface area contributed by atoms with E-state index < -0.39 is 10.7 Å². The molecule has 38 valence electrons. The molecule has 0 radical (unpaired) electrons. The Labute approximate surface area is 52.0 Å². The summed E-state index contributed by atoms with van der Waals surface area (Å²) in [6.45, 7) is 0. The van der Waals surface area contributed by atoms with Gasteiger partial charge in [-0.3, -0.25) is 0 Å². The van der Waals surface area contributed by atoms with Crippen molar-refractivity contribution in [1.82, 2.24) is 0 Å². The van der Waals surface area contributed by atoms with E-state index in [1.165, 1.54) is 0 Å². The lowest BCUT2D eigenvalue weighted by Gasteiger charge is -1.71. The van der Waals surface area contributed by atoms with Crippen molar-refractivity contribution >= 4 is 33.3 Å². The first-order chi connectivity index (χ1) is 2.77. The Hall–Kier alpha value is 0.680. The van der Waals surface area contributed by atoms with Crippen LogP contribution >= 0.6 is 22.6 Å². The van der Waals surface area contributed by atoms with E-state index in [9.17, 15) is 8.42 Å². The zero-order valence-electron chi connectivity index (χ0n) is 3.06. The Morgan fingerprint density at radius 2 is 2.00 bits per heavy atom. The first-order valence-corrected chi connectivity index (χ1v) is 4.34. The smallest absolute Gasteiger partial charge is 0.140 e. The fourth-order valence-corrected chi connectivity index (χ4v) is 1.39. The highest BCUT2D eigenvalue weighted by Crippen LogP contribution is 1.77. The van der Waals surface area contributed by atoms with Gasteiger partial charge in [0.15, 0.2) is 0 Å². The van der Waals surface area contributed by atoms with E-state index >= 15 is 0 Å². The molecule has 0 aliphatic heterocycles. The SMILES string of the molecule is O=[SH](=O)CCI. The van der Waals surface area contributed by atoms with E-state index in [2.05, 4.69) is 0 Å². The van der Waals surface area contributed by atoms with Gasteiger partial charge >= 0.3 is 0 Å². The van der Waals surface area contributed by atoms with Crippen LogP contribution in [0.2, 0.25) is 0 Å². The van der Waals surface area contributed by atoms with Gasteiger partial charge in [-0.05, 0) is 0 Å². The van der Waals surface area contributed by atoms with Crippen molar-refractivity contribution in [3.05, 3.63) is 0 Å². The summed E-state index contributed by atoms with van der Waals surface area (Å²) in [6, 6.07) is 0. The molecule has 6 heavy (non-hydrogen) atoms. The van der Waals surface area contributed by atoms with Crippen LogP contribution in [0.25, 0.3) is 0 Å². The third kappa shape index (κ3) is 4.68. The minimum Gasteiger partial charge on any atom is -0.232 e. The Bertz CT molecular complexity index is 79.5. The van der Waals surface area contributed by atoms with Crippen LogP contribution in [0.4, 0.5) is 0 Å². The van der Waals surface area contributed by atoms with Crippen LogP contribution in [0.1, 0.15) is 0 Å². The first kappa shape index (κ1) is 6.68. The van der Waals surface area contributed by atoms with Gasteiger partial charge in [-0.2, -0.15) is 0 Å². The molecule has 0 unspecified atom stereocenters. The Balaban J connectivity index is 3.07. The number of hydrogen-bond donors (Lipinski definition) is 1. The predicted octanol–water partition coefficient (Wildman–Crippen LogP) is 0.0328. The largest absolute Gasteiger partial charge is 0.232 e. The molecule has 0 aliphatic rings. The van der Waals surface area contributed by atoms with E-state index in [4.69, 9.17) is 0 Å². The van der Waals surface area contributed by atoms with Crippen molar-refractivity contribution in [2.45, 2.75) is 0 Å². The zero-order chi connectivity index (χ0) is 4.99. The summed E-state index contributed by atoms with van der Waals surface area (Å²) in [6.07, 6.45) is 0. The van der Waals surface area contributed by atoms with E-state index in [0.29, 0.717) is 10.2 Å². The summed E-state index contributed by atoms with van der Waals surface area (Å²) < 4.78 is 20.0. The normalized spacial score (nSPS) is 9.67. The first-order valence-electron chi connectivity index (χ1n) is 1.45. The number of hydrogen-bond acceptors (Lipinski definition) is 2. The maximum atomic E-state index is 9.63. The molecule has 0 aromatic carbocycles. The lowest BCUT2D eigenvalue weighted by molar-refractivity contribution is 0.616. The van der Waals surface area contributed by atoms with Crippen molar-refractivity contribution in [2.24, 2.45) is 0 Å². The third-order valence-corrected chi connectivity index (χ3v) is 2.25. The zero-order valence-corrected chi connectivity index (χ0v) is 6.11. The van der Waals surface area contributed by atoms with Crippen LogP contribution in [0.3, 0.4) is 0 Å². The highest BCUT2D eigenvalue weighted by atomic mass is 127. The average molecular weight is 220 g/mol. The predicted molar refractivity (Wildman–Crippen MR) is 34.1 cm³/mol. The van der Waals surface area contributed by atoms with Crippen LogP contribution in [0.15, 0.2) is 0 Å². The lowest BCUT2D eigenvalue weighted by Crippen LogP contribution is -1.84. The molecule has 0 aromatic heterocycles. The number of thiol groups is 1. The number of rotatable bonds is 2. The molecule has 0 aliphatic carbocycles. The van der Waals surface area contributed by atoms with Gasteiger partial charge in [0.1, 0.15) is 10.7 Å². The van der Waals surface area contributed by atoms with E-state index in [1.54, 1.807) is 0 Å². The third-order valence-electron chi connectivity index (χ3n) is 0.267. The number of alkyl halides is 1. The lowest BCUT2D eigenvalue weighted by atomic mass is 11.0. The minimum absolute atomic E-state index is 0.315. The summed E-state index contributed by atoms with van der Waals surface area (Å²) in [5, 5.41) is 0. The fourth-order valence-electron chi connectivity index (χ4n) is 0.0690. The Morgan fingerprint density at radius 1 is 1.50 bits per heavy atom. The second kappa shape index (κ2) is 3.86. The van der Waals surface area contributed by atoms with Crippen molar-refractivity contribution < 1.29 is 8.42 Å². The van der Waals surface area contributed by atoms with Gasteiger partial charge in [0, 0.05) is 4.43 Å². The van der Waals surface area contributed by atoms with Gasteiger partial charge in [-0.25, -0.2) is 8.42 Å². The molecule has 0 rings (SSSR count). The maximum Gasteiger partial charge on any atom is 0.140 e. The van der Waals surface area contributed by atoms with Crippen LogP contribution in [-0.2, 0) is 10.7 Å². The number of halogens is 1. The van der Waals surface area contributed by atoms with Crippen LogP contribution in [0.5, 0.6) is 0 Å². The van der Waals surface area contributed by atoms with Gasteiger partial charge in [0.25, 0.3) is 0 Å². The minimum atomic E-state index is -2.11. The van der Waals surface area contributed by atoms with Crippen molar-refractivity contribution in [1.29, 1.82) is 0 Å². The van der Waals surface area contributed by atoms with E-state index in [1.807, 2.05) is 22.6 Å². The summed E-state index contributed by atoms with van der Waals surface area (Å²) in [5.41, 5.74) is 0. The molecule has 0 bridgehead atoms. The highest BCUT2D eigenvalue weighted by molar-refractivity contribution is 14.1. The summed E-state index contributed by atoms with van der Waals surface area (Å²) >= 11 is 2.02. The molecule has 2 nitrogen and oxygen atoms in total. The molecule has 0 fully saturated rings. The van der Waals surface area contributed by atoms with Crippen LogP contribution in [0, 0.1) is 0 Å². The van der Waals surface area contributed by atoms with E-state index in [0.717, 1.165) is 0 Å². The quantitative estimate of drug-likeness (QED) is 0.404. The Kier molecular flexibility index (Phi) is 4.29. The summed E-state index contributed by atoms with van der Waals surface area (Å²) in [4.78, 5) is 0. The highest BCUT2D eigenvalue weighted by Gasteiger charge is 1.77. The van der Waals surface area contributed by atoms with Gasteiger partial charge < -0.3 is 0 Å². The molecular weight excluding hydrogens is 215 g/mol. The Morgan fingerprint density at radius 3 is 2.00 bits per heavy atom. The van der Waals surface area contributed by atoms with Crippen molar-refractivity contribution in [3.8, 4) is 0 Å². The molecule has 0 spiro atoms. The van der Waals surface area contributed by atoms with Crippen molar-refractivity contribution in [3.63, 3.8) is 0 Å². The molecule has 0 saturated heterocycles. The average Bonchev–Trinajstić information content (AvgIpc) is 1.35. The molecule has 0 saturated carbocycles. The van der Waals surface area contributed by atoms with Gasteiger partial charge in [-0.15, -0.1) is 0 Å². The second-order valence-electron chi connectivity index (χ2n) is 0.745. The van der Waals surface area contributed by atoms with Gasteiger partial charge in [0.05, 0.1) is 5.75 Å². The van der Waals surface area contributed by atoms with Gasteiger partial charge in [0.2, 0.25) is 0 Å². The molecule has 0 heterocycles. The molecule has 0 amide bonds. The molecule has 0 N–H and O–H groups in total. The second-order valence-corrected chi connectivity index (χ2v) is 2.94. The molecule has 0 atom stereocenters. The van der Waals surface area contributed by atoms with Gasteiger partial charge in [-0.1, -0.05) is 22.6 Å². The molecule has 4 heteroatoms. The molecule has 0 aromatic rings. The monoisotopic (exact) mass is 220 g/mol. The van der Waals surface area contributed by atoms with Crippen LogP contribution in [-0.4, -0.2) is 18.6 Å². The van der Waals surface area contributed by atoms with Crippen molar-refractivity contribution in [2.75, 3.05) is 10.2 Å². The maximum absolute atomic E-state index is 9.63. The summed E-state index contributed by atoms with van der Waals surface area (Å²) in [7, 11) is -2.11. The summed E-state index contributed by atoms with van der Waals surface area (Å²) in [5.74, 6) is 0.315. The fraction of sp³-hybridized carbons (Fsp3) is 1.00. The standard InChI is InChI=1S/C2H5IO2S/c3-1-2-6(4)5/h6H,1-2H2. The van der Waals surface area contributed by atoms with E-state index in [-0.39, 0.29) is 0 Å². The molecular formula is C2H5IO2S. The topological polar surface area (TPSA) is 34.1 Å². The van der Waals surface area contributed by atoms with Crippen LogP contribution < -0.4 is 0 Å².